The van der Waals surface area contributed by atoms with Gasteiger partial charge < -0.3 is 9.32 Å². The van der Waals surface area contributed by atoms with Crippen LogP contribution in [0.1, 0.15) is 25.7 Å². The van der Waals surface area contributed by atoms with E-state index in [1.807, 2.05) is 0 Å². The summed E-state index contributed by atoms with van der Waals surface area (Å²) in [4.78, 5) is 4.57. The van der Waals surface area contributed by atoms with Crippen molar-refractivity contribution in [2.45, 2.75) is 25.7 Å². The summed E-state index contributed by atoms with van der Waals surface area (Å²) in [6.45, 7) is 4.60. The van der Waals surface area contributed by atoms with Crippen LogP contribution in [0.3, 0.4) is 0 Å². The second-order valence-electron chi connectivity index (χ2n) is 4.08. The molecular weight excluding hydrogens is 161 g/mol. The minimum atomic E-state index is 0.702. The number of nitrogens with zero attached hydrogens (tertiary/aromatic N) is 1. The summed E-state index contributed by atoms with van der Waals surface area (Å²) in [5, 5.41) is 0. The Labute approximate surface area is 75.0 Å². The highest BCUT2D eigenvalue weighted by Crippen LogP contribution is 2.16. The Bertz CT molecular complexity index is 122. The van der Waals surface area contributed by atoms with E-state index in [0.717, 1.165) is 6.42 Å². The van der Waals surface area contributed by atoms with E-state index in [-0.39, 0.29) is 0 Å². The summed E-state index contributed by atoms with van der Waals surface area (Å²) in [5.41, 5.74) is 0. The molecule has 0 aromatic carbocycles. The molecule has 12 heavy (non-hydrogen) atoms. The predicted molar refractivity (Wildman–Crippen MR) is 49.4 cm³/mol. The maximum absolute atomic E-state index is 4.98. The lowest BCUT2D eigenvalue weighted by Gasteiger charge is -2.37. The van der Waals surface area contributed by atoms with Crippen LogP contribution in [0.2, 0.25) is 0 Å². The standard InChI is InChI=1S/C9H21N2O/c1-11(8-5-9-12-10)6-3-2-4-7-11/h2-10H2,1H3/q+1/i1+1,2+1,3+1,4+1,5+1,6+1,7+1,8+1,9+1. The number of quaternary nitrogens is 1. The Morgan fingerprint density at radius 1 is 1.25 bits per heavy atom. The third kappa shape index (κ3) is 3.09. The summed E-state index contributed by atoms with van der Waals surface area (Å²) in [6.07, 6.45) is 5.29. The van der Waals surface area contributed by atoms with Crippen LogP contribution in [0.15, 0.2) is 0 Å². The average molecular weight is 182 g/mol. The fourth-order valence-electron chi connectivity index (χ4n) is 2.03. The van der Waals surface area contributed by atoms with E-state index in [4.69, 9.17) is 5.90 Å². The first-order chi connectivity index (χ1) is 5.77. The zero-order valence-corrected chi connectivity index (χ0v) is 8.09. The molecule has 0 radical (unpaired) electrons. The molecule has 0 aliphatic carbocycles. The first kappa shape index (κ1) is 9.96. The lowest BCUT2D eigenvalue weighted by Crippen LogP contribution is -2.48. The van der Waals surface area contributed by atoms with E-state index in [0.29, 0.717) is 6.61 Å². The van der Waals surface area contributed by atoms with Crippen molar-refractivity contribution in [3.63, 3.8) is 0 Å². The third-order valence-corrected chi connectivity index (χ3v) is 2.86. The molecule has 0 atom stereocenters. The summed E-state index contributed by atoms with van der Waals surface area (Å²) in [7, 11) is 2.34. The van der Waals surface area contributed by atoms with Gasteiger partial charge in [-0.25, -0.2) is 5.90 Å². The van der Waals surface area contributed by atoms with Gasteiger partial charge in [-0.1, -0.05) is 0 Å². The van der Waals surface area contributed by atoms with Gasteiger partial charge in [0.2, 0.25) is 0 Å². The van der Waals surface area contributed by atoms with E-state index in [1.165, 1.54) is 43.4 Å². The number of rotatable bonds is 4. The second-order valence-corrected chi connectivity index (χ2v) is 4.08. The van der Waals surface area contributed by atoms with Crippen molar-refractivity contribution < 1.29 is 9.32 Å². The maximum Gasteiger partial charge on any atom is 0.0807 e. The molecule has 1 fully saturated rings. The Hall–Kier alpha value is -0.120. The molecule has 2 N–H and O–H groups in total. The fourth-order valence-corrected chi connectivity index (χ4v) is 2.03. The van der Waals surface area contributed by atoms with Gasteiger partial charge in [0.05, 0.1) is 33.3 Å². The molecule has 3 heteroatoms. The van der Waals surface area contributed by atoms with Gasteiger partial charge in [-0.2, -0.15) is 0 Å². The molecule has 1 saturated heterocycles. The largest absolute Gasteiger partial charge is 0.326 e. The fraction of sp³-hybridized carbons (Fsp3) is 1.00. The molecular formula is C9H21N2O+. The van der Waals surface area contributed by atoms with E-state index in [2.05, 4.69) is 11.9 Å². The molecule has 1 rings (SSSR count). The average Bonchev–Trinajstić information content (AvgIpc) is 2.06. The van der Waals surface area contributed by atoms with Crippen molar-refractivity contribution in [1.29, 1.82) is 0 Å². The highest BCUT2D eigenvalue weighted by Gasteiger charge is 2.23. The molecule has 0 unspecified atom stereocenters. The Kier molecular flexibility index (Phi) is 3.98. The quantitative estimate of drug-likeness (QED) is 0.303. The maximum atomic E-state index is 4.98. The van der Waals surface area contributed by atoms with Gasteiger partial charge >= 0.3 is 0 Å². The van der Waals surface area contributed by atoms with Crippen molar-refractivity contribution in [3.8, 4) is 0 Å². The number of piperidine rings is 1. The predicted octanol–water partition coefficient (Wildman–Crippen LogP) is 0.897. The van der Waals surface area contributed by atoms with Gasteiger partial charge in [0.25, 0.3) is 0 Å². The molecule has 72 valence electrons. The van der Waals surface area contributed by atoms with Crippen molar-refractivity contribution in [1.82, 2.24) is 0 Å². The van der Waals surface area contributed by atoms with Gasteiger partial charge in [-0.15, -0.1) is 0 Å². The van der Waals surface area contributed by atoms with Crippen molar-refractivity contribution in [2.75, 3.05) is 33.3 Å². The third-order valence-electron chi connectivity index (χ3n) is 2.86. The van der Waals surface area contributed by atoms with Gasteiger partial charge in [-0.3, -0.25) is 0 Å². The number of nitrogens with two attached hydrogens (primary N) is 1. The normalized spacial score (nSPS) is 22.5. The van der Waals surface area contributed by atoms with Crippen LogP contribution >= 0.6 is 0 Å². The van der Waals surface area contributed by atoms with Crippen LogP contribution in [-0.2, 0) is 4.84 Å². The lowest BCUT2D eigenvalue weighted by atomic mass is 11.0. The van der Waals surface area contributed by atoms with E-state index in [1.54, 1.807) is 0 Å². The van der Waals surface area contributed by atoms with Crippen LogP contribution < -0.4 is 5.90 Å². The Morgan fingerprint density at radius 3 is 2.50 bits per heavy atom. The van der Waals surface area contributed by atoms with E-state index in [9.17, 15) is 0 Å². The number of likely N-dealkylation sites (tertiary alicyclic amines) is 1. The van der Waals surface area contributed by atoms with Crippen molar-refractivity contribution in [3.05, 3.63) is 0 Å². The van der Waals surface area contributed by atoms with Crippen molar-refractivity contribution in [2.24, 2.45) is 5.90 Å². The Morgan fingerprint density at radius 2 is 1.92 bits per heavy atom. The van der Waals surface area contributed by atoms with Gasteiger partial charge in [0.15, 0.2) is 0 Å². The molecule has 1 heterocycles. The molecule has 1 aliphatic rings. The molecule has 0 amide bonds. The van der Waals surface area contributed by atoms with Crippen LogP contribution in [0.25, 0.3) is 0 Å². The SMILES string of the molecule is [13CH3][N+]1([13CH2][13CH2][13CH2]ON)[13CH2][13CH2][13CH2][13CH2][13CH2]1. The zero-order valence-electron chi connectivity index (χ0n) is 8.09. The monoisotopic (exact) mass is 182 g/mol. The van der Waals surface area contributed by atoms with Gasteiger partial charge in [-0.05, 0) is 19.3 Å². The van der Waals surface area contributed by atoms with Crippen LogP contribution in [0.5, 0.6) is 0 Å². The summed E-state index contributed by atoms with van der Waals surface area (Å²) >= 11 is 0. The molecule has 0 spiro atoms. The van der Waals surface area contributed by atoms with Crippen molar-refractivity contribution >= 4 is 0 Å². The van der Waals surface area contributed by atoms with E-state index < -0.39 is 0 Å². The first-order valence-corrected chi connectivity index (χ1v) is 4.92. The van der Waals surface area contributed by atoms with Crippen LogP contribution in [-0.4, -0.2) is 37.8 Å². The number of hydrogen-bond acceptors (Lipinski definition) is 2. The van der Waals surface area contributed by atoms with Gasteiger partial charge in [0, 0.05) is 6.42 Å². The summed E-state index contributed by atoms with van der Waals surface area (Å²) < 4.78 is 1.23. The summed E-state index contributed by atoms with van der Waals surface area (Å²) in [6, 6.07) is 0. The molecule has 0 aromatic rings. The summed E-state index contributed by atoms with van der Waals surface area (Å²) in [5.74, 6) is 4.98. The van der Waals surface area contributed by atoms with Crippen LogP contribution in [0, 0.1) is 0 Å². The van der Waals surface area contributed by atoms with Crippen LogP contribution in [0.4, 0.5) is 0 Å². The molecule has 0 bridgehead atoms. The zero-order chi connectivity index (χ0) is 8.86. The first-order valence-electron chi connectivity index (χ1n) is 4.92. The topological polar surface area (TPSA) is 35.2 Å². The second kappa shape index (κ2) is 4.80. The number of hydrogen-bond donors (Lipinski definition) is 1. The molecule has 1 aliphatic heterocycles. The minimum Gasteiger partial charge on any atom is -0.326 e. The van der Waals surface area contributed by atoms with Gasteiger partial charge in [0.1, 0.15) is 0 Å². The molecule has 0 saturated carbocycles. The van der Waals surface area contributed by atoms with E-state index >= 15 is 0 Å². The highest BCUT2D eigenvalue weighted by molar-refractivity contribution is 4.51. The molecule has 3 nitrogen and oxygen atoms in total. The lowest BCUT2D eigenvalue weighted by molar-refractivity contribution is -0.914. The molecule has 0 aromatic heterocycles. The smallest absolute Gasteiger partial charge is 0.0807 e. The highest BCUT2D eigenvalue weighted by atomic mass is 16.7. The Balaban J connectivity index is 2.17. The minimum absolute atomic E-state index is 0.702.